The molecular weight excluding hydrogens is 328 g/mol. The Balaban J connectivity index is 3.27. The molecule has 0 radical (unpaired) electrons. The number of hydrogen-bond acceptors (Lipinski definition) is 6. The van der Waals surface area contributed by atoms with Gasteiger partial charge in [0.15, 0.2) is 6.10 Å². The van der Waals surface area contributed by atoms with E-state index in [0.29, 0.717) is 0 Å². The summed E-state index contributed by atoms with van der Waals surface area (Å²) in [4.78, 5) is 11.6. The van der Waals surface area contributed by atoms with Crippen LogP contribution in [0.1, 0.15) is 73.6 Å². The van der Waals surface area contributed by atoms with Gasteiger partial charge in [0.05, 0.1) is 4.11 Å². The van der Waals surface area contributed by atoms with Crippen molar-refractivity contribution in [2.75, 3.05) is 0 Å². The highest BCUT2D eigenvalue weighted by molar-refractivity contribution is 5.73. The second-order valence-electron chi connectivity index (χ2n) is 5.06. The summed E-state index contributed by atoms with van der Waals surface area (Å²) in [6.45, 7) is -16.1. The minimum atomic E-state index is -4.08. The molecule has 0 amide bonds. The number of aliphatic hydroxyl groups excluding tert-OH is 3. The Bertz CT molecular complexity index is 1110. The maximum Gasteiger partial charge on any atom is 0.335 e. The predicted molar refractivity (Wildman–Crippen MR) is 89.6 cm³/mol. The lowest BCUT2D eigenvalue weighted by molar-refractivity contribution is -0.271. The van der Waals surface area contributed by atoms with Crippen molar-refractivity contribution in [3.8, 4) is 5.75 Å². The summed E-state index contributed by atoms with van der Waals surface area (Å²) in [6.07, 6.45) is -12.4. The molecular formula is C18H26O7. The van der Waals surface area contributed by atoms with Crippen LogP contribution in [-0.2, 0) is 9.53 Å². The van der Waals surface area contributed by atoms with Crippen molar-refractivity contribution in [1.29, 1.82) is 0 Å². The molecule has 1 fully saturated rings. The zero-order valence-corrected chi connectivity index (χ0v) is 12.4. The second-order valence-corrected chi connectivity index (χ2v) is 5.06. The first kappa shape index (κ1) is 6.81. The largest absolute Gasteiger partial charge is 0.479 e. The van der Waals surface area contributed by atoms with Crippen molar-refractivity contribution in [2.24, 2.45) is 0 Å². The van der Waals surface area contributed by atoms with Gasteiger partial charge >= 0.3 is 5.97 Å². The van der Waals surface area contributed by atoms with Gasteiger partial charge in [0.2, 0.25) is 6.29 Å². The molecule has 1 aliphatic rings. The van der Waals surface area contributed by atoms with E-state index in [2.05, 4.69) is 0 Å². The molecule has 0 aliphatic carbocycles. The van der Waals surface area contributed by atoms with E-state index in [0.717, 1.165) is 0 Å². The SMILES string of the molecule is [2H]c1c([2H])c(C([2H])(C([2H])([2H])[2H])C([2H])([2H])[2H])c(O[C@@H]2OC(C(=O)O)[C@H](O)C(O)C2O)c(C([2H])(C([2H])([2H])[2H])C([2H])([2H])[2H])c1[2H]. The molecule has 0 aromatic heterocycles. The molecule has 1 heterocycles. The smallest absolute Gasteiger partial charge is 0.335 e. The van der Waals surface area contributed by atoms with Crippen LogP contribution < -0.4 is 4.74 Å². The van der Waals surface area contributed by atoms with Crippen LogP contribution in [0.5, 0.6) is 5.75 Å². The number of para-hydroxylation sites is 1. The van der Waals surface area contributed by atoms with Gasteiger partial charge in [0, 0.05) is 19.2 Å². The zero-order chi connectivity index (χ0) is 33.3. The lowest BCUT2D eigenvalue weighted by Crippen LogP contribution is -2.61. The van der Waals surface area contributed by atoms with Crippen LogP contribution in [0.2, 0.25) is 0 Å². The molecule has 1 aromatic rings. The minimum Gasteiger partial charge on any atom is -0.479 e. The standard InChI is InChI=1S/C18H26O7/c1-8(2)10-6-5-7-11(9(3)4)15(10)24-18-14(21)12(19)13(20)16(25-18)17(22)23/h5-9,12-14,16,18-21H,1-4H3,(H,22,23)/t12?,13-,14?,16?,18-/m1/s1/i1D3,2D3,3D3,4D3,5D,6D,7D,8D,9D. The van der Waals surface area contributed by atoms with E-state index in [1.807, 2.05) is 0 Å². The minimum absolute atomic E-state index is 1.51. The molecule has 3 unspecified atom stereocenters. The Labute approximate surface area is 170 Å². The van der Waals surface area contributed by atoms with Crippen molar-refractivity contribution in [2.45, 2.75) is 69.9 Å². The number of aliphatic carboxylic acids is 1. The normalized spacial score (nSPS) is 42.7. The Kier molecular flexibility index (Phi) is 2.10. The summed E-state index contributed by atoms with van der Waals surface area (Å²) in [5.41, 5.74) is -3.49. The van der Waals surface area contributed by atoms with E-state index in [9.17, 15) is 25.2 Å². The van der Waals surface area contributed by atoms with Gasteiger partial charge in [-0.15, -0.1) is 0 Å². The van der Waals surface area contributed by atoms with Crippen molar-refractivity contribution < 1.29 is 58.0 Å². The quantitative estimate of drug-likeness (QED) is 0.614. The van der Waals surface area contributed by atoms with Crippen LogP contribution in [0, 0.1) is 0 Å². The first-order valence-electron chi connectivity index (χ1n) is 15.2. The van der Waals surface area contributed by atoms with Gasteiger partial charge in [0.25, 0.3) is 0 Å². The summed E-state index contributed by atoms with van der Waals surface area (Å²) >= 11 is 0. The first-order valence-corrected chi connectivity index (χ1v) is 6.74. The van der Waals surface area contributed by atoms with E-state index in [-0.39, 0.29) is 0 Å². The lowest BCUT2D eigenvalue weighted by Gasteiger charge is -2.39. The third-order valence-corrected chi connectivity index (χ3v) is 3.38. The molecule has 1 aliphatic heterocycles. The van der Waals surface area contributed by atoms with E-state index >= 15 is 0 Å². The maximum absolute atomic E-state index is 11.6. The summed E-state index contributed by atoms with van der Waals surface area (Å²) in [5, 5.41) is 40.0. The molecule has 0 spiro atoms. The number of carbonyl (C=O) groups is 1. The third kappa shape index (κ3) is 3.95. The summed E-state index contributed by atoms with van der Waals surface area (Å²) in [6, 6.07) is -4.65. The van der Waals surface area contributed by atoms with Crippen molar-refractivity contribution in [3.63, 3.8) is 0 Å². The van der Waals surface area contributed by atoms with Crippen LogP contribution in [-0.4, -0.2) is 57.1 Å². The molecule has 7 nitrogen and oxygen atoms in total. The fraction of sp³-hybridized carbons (Fsp3) is 0.611. The Morgan fingerprint density at radius 1 is 1.16 bits per heavy atom. The number of rotatable bonds is 5. The molecule has 0 bridgehead atoms. The zero-order valence-electron chi connectivity index (χ0n) is 29.4. The van der Waals surface area contributed by atoms with E-state index in [1.54, 1.807) is 0 Å². The van der Waals surface area contributed by atoms with Gasteiger partial charge < -0.3 is 29.9 Å². The van der Waals surface area contributed by atoms with E-state index < -0.39 is 111 Å². The predicted octanol–water partition coefficient (Wildman–Crippen LogP) is 1.20. The molecule has 4 N–H and O–H groups in total. The second kappa shape index (κ2) is 7.70. The number of carboxylic acids is 1. The highest BCUT2D eigenvalue weighted by Gasteiger charge is 2.48. The van der Waals surface area contributed by atoms with E-state index in [1.165, 1.54) is 0 Å². The summed E-state index contributed by atoms with van der Waals surface area (Å²) in [5.74, 6) is -11.9. The molecule has 25 heavy (non-hydrogen) atoms. The highest BCUT2D eigenvalue weighted by atomic mass is 16.7. The Hall–Kier alpha value is -1.67. The van der Waals surface area contributed by atoms with Crippen LogP contribution in [0.15, 0.2) is 18.1 Å². The van der Waals surface area contributed by atoms with Gasteiger partial charge in [-0.3, -0.25) is 0 Å². The molecule has 0 saturated carbocycles. The fourth-order valence-corrected chi connectivity index (χ4v) is 2.13. The monoisotopic (exact) mass is 371 g/mol. The number of aliphatic hydroxyl groups is 3. The van der Waals surface area contributed by atoms with Gasteiger partial charge in [0.1, 0.15) is 24.1 Å². The number of benzene rings is 1. The van der Waals surface area contributed by atoms with Crippen LogP contribution >= 0.6 is 0 Å². The van der Waals surface area contributed by atoms with Crippen LogP contribution in [0.3, 0.4) is 0 Å². The fourth-order valence-electron chi connectivity index (χ4n) is 2.13. The molecule has 1 aromatic carbocycles. The molecule has 1 saturated heterocycles. The summed E-state index contributed by atoms with van der Waals surface area (Å²) in [7, 11) is 0. The molecule has 140 valence electrons. The van der Waals surface area contributed by atoms with Crippen LogP contribution in [0.25, 0.3) is 0 Å². The Morgan fingerprint density at radius 3 is 2.20 bits per heavy atom. The highest BCUT2D eigenvalue weighted by Crippen LogP contribution is 2.36. The van der Waals surface area contributed by atoms with Crippen molar-refractivity contribution >= 4 is 5.97 Å². The average molecular weight is 372 g/mol. The first-order chi connectivity index (χ1) is 18.5. The number of carboxylic acid groups (broad SMARTS) is 1. The van der Waals surface area contributed by atoms with Gasteiger partial charge in [-0.2, -0.15) is 0 Å². The average Bonchev–Trinajstić information content (AvgIpc) is 2.79. The van der Waals surface area contributed by atoms with Crippen molar-refractivity contribution in [3.05, 3.63) is 29.3 Å². The van der Waals surface area contributed by atoms with Crippen molar-refractivity contribution in [1.82, 2.24) is 0 Å². The lowest BCUT2D eigenvalue weighted by atomic mass is 9.93. The van der Waals surface area contributed by atoms with E-state index in [4.69, 9.17) is 32.8 Å². The molecule has 5 atom stereocenters. The Morgan fingerprint density at radius 2 is 1.72 bits per heavy atom. The topological polar surface area (TPSA) is 116 Å². The molecule has 2 rings (SSSR count). The van der Waals surface area contributed by atoms with Gasteiger partial charge in [-0.1, -0.05) is 45.5 Å². The maximum atomic E-state index is 11.6. The summed E-state index contributed by atoms with van der Waals surface area (Å²) < 4.78 is 146. The third-order valence-electron chi connectivity index (χ3n) is 3.38. The van der Waals surface area contributed by atoms with Gasteiger partial charge in [-0.25, -0.2) is 4.79 Å². The number of hydrogen-bond donors (Lipinski definition) is 4. The van der Waals surface area contributed by atoms with Crippen LogP contribution in [0.4, 0.5) is 0 Å². The molecule has 7 heteroatoms. The van der Waals surface area contributed by atoms with Gasteiger partial charge in [-0.05, 0) is 22.9 Å². The number of ether oxygens (including phenoxy) is 2.